The molecule has 0 aliphatic rings. The second kappa shape index (κ2) is 5.00. The molecule has 0 aromatic heterocycles. The van der Waals surface area contributed by atoms with E-state index in [1.165, 1.54) is 0 Å². The Morgan fingerprint density at radius 1 is 1.12 bits per heavy atom. The maximum absolute atomic E-state index is 12.0. The molecule has 1 rings (SSSR count). The number of sulfone groups is 1. The van der Waals surface area contributed by atoms with Crippen molar-refractivity contribution in [2.24, 2.45) is 0 Å². The van der Waals surface area contributed by atoms with Gasteiger partial charge in [-0.3, -0.25) is 4.79 Å². The average Bonchev–Trinajstić information content (AvgIpc) is 2.11. The second-order valence-electron chi connectivity index (χ2n) is 4.58. The van der Waals surface area contributed by atoms with Gasteiger partial charge in [0.25, 0.3) is 0 Å². The van der Waals surface area contributed by atoms with Gasteiger partial charge < -0.3 is 0 Å². The average molecular weight is 254 g/mol. The highest BCUT2D eigenvalue weighted by molar-refractivity contribution is 7.90. The predicted molar refractivity (Wildman–Crippen MR) is 69.3 cm³/mol. The first-order valence-corrected chi connectivity index (χ1v) is 7.55. The third-order valence-corrected chi connectivity index (χ3v) is 3.60. The highest BCUT2D eigenvalue weighted by Crippen LogP contribution is 2.18. The van der Waals surface area contributed by atoms with Crippen molar-refractivity contribution >= 4 is 15.6 Å². The summed E-state index contributed by atoms with van der Waals surface area (Å²) in [5.41, 5.74) is 3.61. The number of carbonyl (C=O) groups excluding carboxylic acids is 1. The van der Waals surface area contributed by atoms with Crippen molar-refractivity contribution in [1.82, 2.24) is 0 Å². The van der Waals surface area contributed by atoms with Crippen molar-refractivity contribution in [3.8, 4) is 0 Å². The maximum Gasteiger partial charge on any atom is 0.164 e. The Balaban J connectivity index is 2.98. The van der Waals surface area contributed by atoms with Crippen LogP contribution < -0.4 is 0 Å². The molecule has 4 heteroatoms. The van der Waals surface area contributed by atoms with Gasteiger partial charge in [0.15, 0.2) is 5.78 Å². The summed E-state index contributed by atoms with van der Waals surface area (Å²) >= 11 is 0. The van der Waals surface area contributed by atoms with Crippen LogP contribution in [-0.4, -0.2) is 26.2 Å². The minimum atomic E-state index is -3.08. The van der Waals surface area contributed by atoms with Gasteiger partial charge in [0.1, 0.15) is 9.84 Å². The molecule has 0 aliphatic carbocycles. The number of Topliss-reactive ketones (excluding diaryl/α,β-unsaturated/α-hetero) is 1. The van der Waals surface area contributed by atoms with Gasteiger partial charge in [-0.1, -0.05) is 17.7 Å². The SMILES string of the molecule is Cc1cc(C)c(C(=O)CCS(C)(=O)=O)c(C)c1. The Bertz CT molecular complexity index is 519. The number of ketones is 1. The summed E-state index contributed by atoms with van der Waals surface area (Å²) in [6.45, 7) is 5.74. The van der Waals surface area contributed by atoms with E-state index in [2.05, 4.69) is 0 Å². The van der Waals surface area contributed by atoms with Gasteiger partial charge in [-0.2, -0.15) is 0 Å². The van der Waals surface area contributed by atoms with E-state index in [1.54, 1.807) is 0 Å². The van der Waals surface area contributed by atoms with E-state index in [-0.39, 0.29) is 18.0 Å². The zero-order chi connectivity index (χ0) is 13.2. The fourth-order valence-electron chi connectivity index (χ4n) is 2.02. The minimum absolute atomic E-state index is 0.0591. The lowest BCUT2D eigenvalue weighted by Crippen LogP contribution is -2.12. The van der Waals surface area contributed by atoms with E-state index < -0.39 is 9.84 Å². The van der Waals surface area contributed by atoms with Gasteiger partial charge >= 0.3 is 0 Å². The van der Waals surface area contributed by atoms with Crippen LogP contribution in [-0.2, 0) is 9.84 Å². The van der Waals surface area contributed by atoms with E-state index in [1.807, 2.05) is 32.9 Å². The molecule has 3 nitrogen and oxygen atoms in total. The number of hydrogen-bond acceptors (Lipinski definition) is 3. The summed E-state index contributed by atoms with van der Waals surface area (Å²) in [7, 11) is -3.08. The Morgan fingerprint density at radius 3 is 2.00 bits per heavy atom. The first kappa shape index (κ1) is 13.9. The van der Waals surface area contributed by atoms with E-state index in [4.69, 9.17) is 0 Å². The first-order valence-electron chi connectivity index (χ1n) is 5.49. The van der Waals surface area contributed by atoms with Gasteiger partial charge in [0, 0.05) is 18.2 Å². The number of rotatable bonds is 4. The second-order valence-corrected chi connectivity index (χ2v) is 6.84. The molecule has 1 aromatic carbocycles. The first-order chi connectivity index (χ1) is 7.70. The standard InChI is InChI=1S/C13H18O3S/c1-9-7-10(2)13(11(3)8-9)12(14)5-6-17(4,15)16/h7-8H,5-6H2,1-4H3. The summed E-state index contributed by atoms with van der Waals surface area (Å²) in [4.78, 5) is 12.0. The quantitative estimate of drug-likeness (QED) is 0.774. The lowest BCUT2D eigenvalue weighted by Gasteiger charge is -2.09. The zero-order valence-electron chi connectivity index (χ0n) is 10.7. The lowest BCUT2D eigenvalue weighted by molar-refractivity contribution is 0.0987. The molecule has 0 amide bonds. The van der Waals surface area contributed by atoms with Crippen molar-refractivity contribution in [2.75, 3.05) is 12.0 Å². The van der Waals surface area contributed by atoms with Gasteiger partial charge in [-0.25, -0.2) is 8.42 Å². The molecule has 0 heterocycles. The summed E-state index contributed by atoms with van der Waals surface area (Å²) < 4.78 is 22.1. The fourth-order valence-corrected chi connectivity index (χ4v) is 2.58. The van der Waals surface area contributed by atoms with Crippen molar-refractivity contribution in [3.05, 3.63) is 34.4 Å². The Kier molecular flexibility index (Phi) is 4.09. The molecule has 0 N–H and O–H groups in total. The zero-order valence-corrected chi connectivity index (χ0v) is 11.5. The molecule has 0 saturated carbocycles. The smallest absolute Gasteiger partial charge is 0.164 e. The van der Waals surface area contributed by atoms with E-state index >= 15 is 0 Å². The van der Waals surface area contributed by atoms with E-state index in [0.717, 1.165) is 22.9 Å². The molecule has 0 radical (unpaired) electrons. The third kappa shape index (κ3) is 3.97. The molecule has 0 fully saturated rings. The van der Waals surface area contributed by atoms with E-state index in [9.17, 15) is 13.2 Å². The largest absolute Gasteiger partial charge is 0.294 e. The van der Waals surface area contributed by atoms with Crippen LogP contribution in [0.4, 0.5) is 0 Å². The number of benzene rings is 1. The summed E-state index contributed by atoms with van der Waals surface area (Å²) in [6, 6.07) is 3.89. The molecule has 0 atom stereocenters. The number of hydrogen-bond donors (Lipinski definition) is 0. The monoisotopic (exact) mass is 254 g/mol. The van der Waals surface area contributed by atoms with Crippen LogP contribution >= 0.6 is 0 Å². The van der Waals surface area contributed by atoms with Gasteiger partial charge in [-0.05, 0) is 31.9 Å². The molecule has 0 saturated heterocycles. The summed E-state index contributed by atoms with van der Waals surface area (Å²) in [5.74, 6) is -0.177. The van der Waals surface area contributed by atoms with Gasteiger partial charge in [-0.15, -0.1) is 0 Å². The van der Waals surface area contributed by atoms with Crippen LogP contribution in [0.5, 0.6) is 0 Å². The van der Waals surface area contributed by atoms with Crippen molar-refractivity contribution < 1.29 is 13.2 Å². The normalized spacial score (nSPS) is 11.5. The van der Waals surface area contributed by atoms with Gasteiger partial charge in [0.2, 0.25) is 0 Å². The van der Waals surface area contributed by atoms with Gasteiger partial charge in [0.05, 0.1) is 5.75 Å². The van der Waals surface area contributed by atoms with Crippen molar-refractivity contribution in [2.45, 2.75) is 27.2 Å². The van der Waals surface area contributed by atoms with Crippen molar-refractivity contribution in [3.63, 3.8) is 0 Å². The lowest BCUT2D eigenvalue weighted by atomic mass is 9.96. The Morgan fingerprint density at radius 2 is 1.59 bits per heavy atom. The van der Waals surface area contributed by atoms with Crippen LogP contribution in [0, 0.1) is 20.8 Å². The topological polar surface area (TPSA) is 51.2 Å². The van der Waals surface area contributed by atoms with Crippen LogP contribution in [0.3, 0.4) is 0 Å². The predicted octanol–water partition coefficient (Wildman–Crippen LogP) is 2.23. The molecular formula is C13H18O3S. The molecule has 94 valence electrons. The van der Waals surface area contributed by atoms with Crippen LogP contribution in [0.15, 0.2) is 12.1 Å². The van der Waals surface area contributed by atoms with E-state index in [0.29, 0.717) is 5.56 Å². The summed E-state index contributed by atoms with van der Waals surface area (Å²) in [5, 5.41) is 0. The minimum Gasteiger partial charge on any atom is -0.294 e. The third-order valence-electron chi connectivity index (χ3n) is 2.66. The van der Waals surface area contributed by atoms with Crippen LogP contribution in [0.25, 0.3) is 0 Å². The molecule has 1 aromatic rings. The number of carbonyl (C=O) groups is 1. The Labute approximate surface area is 103 Å². The summed E-state index contributed by atoms with van der Waals surface area (Å²) in [6.07, 6.45) is 1.21. The Hall–Kier alpha value is -1.16. The molecule has 0 aliphatic heterocycles. The number of aryl methyl sites for hydroxylation is 3. The maximum atomic E-state index is 12.0. The highest BCUT2D eigenvalue weighted by atomic mass is 32.2. The van der Waals surface area contributed by atoms with Crippen LogP contribution in [0.2, 0.25) is 0 Å². The molecule has 0 spiro atoms. The highest BCUT2D eigenvalue weighted by Gasteiger charge is 2.14. The molecule has 0 unspecified atom stereocenters. The fraction of sp³-hybridized carbons (Fsp3) is 0.462. The van der Waals surface area contributed by atoms with Crippen molar-refractivity contribution in [1.29, 1.82) is 0 Å². The molecular weight excluding hydrogens is 236 g/mol. The van der Waals surface area contributed by atoms with Crippen LogP contribution in [0.1, 0.15) is 33.5 Å². The molecule has 0 bridgehead atoms. The molecule has 17 heavy (non-hydrogen) atoms.